The summed E-state index contributed by atoms with van der Waals surface area (Å²) in [6, 6.07) is 7.70. The molecule has 17 heavy (non-hydrogen) atoms. The summed E-state index contributed by atoms with van der Waals surface area (Å²) in [6.45, 7) is 3.81. The van der Waals surface area contributed by atoms with Gasteiger partial charge in [0.15, 0.2) is 0 Å². The molecule has 0 spiro atoms. The maximum atomic E-state index is 11.3. The van der Waals surface area contributed by atoms with E-state index >= 15 is 0 Å². The molecule has 0 aromatic heterocycles. The Bertz CT molecular complexity index is 336. The number of carbonyl (C=O) groups is 1. The number of hydrogen-bond donors (Lipinski definition) is 2. The Labute approximate surface area is 102 Å². The maximum Gasteiger partial charge on any atom is 0.238 e. The van der Waals surface area contributed by atoms with E-state index in [1.807, 2.05) is 24.3 Å². The van der Waals surface area contributed by atoms with Gasteiger partial charge in [0, 0.05) is 12.3 Å². The number of anilines is 1. The van der Waals surface area contributed by atoms with Crippen molar-refractivity contribution >= 4 is 11.6 Å². The molecular weight excluding hydrogens is 216 g/mol. The van der Waals surface area contributed by atoms with Gasteiger partial charge in [-0.05, 0) is 31.2 Å². The summed E-state index contributed by atoms with van der Waals surface area (Å²) in [6.07, 6.45) is 1.03. The molecule has 0 unspecified atom stereocenters. The van der Waals surface area contributed by atoms with Gasteiger partial charge in [-0.15, -0.1) is 0 Å². The van der Waals surface area contributed by atoms with E-state index in [1.54, 1.807) is 7.05 Å². The van der Waals surface area contributed by atoms with Crippen molar-refractivity contribution in [3.8, 4) is 0 Å². The Morgan fingerprint density at radius 1 is 1.29 bits per heavy atom. The Balaban J connectivity index is 2.41. The smallest absolute Gasteiger partial charge is 0.238 e. The van der Waals surface area contributed by atoms with Crippen molar-refractivity contribution in [1.82, 2.24) is 5.32 Å². The minimum Gasteiger partial charge on any atom is -0.377 e. The summed E-state index contributed by atoms with van der Waals surface area (Å²) >= 11 is 0. The molecular formula is C13H20N2O2. The van der Waals surface area contributed by atoms with Crippen molar-refractivity contribution in [2.24, 2.45) is 0 Å². The van der Waals surface area contributed by atoms with Gasteiger partial charge in [-0.3, -0.25) is 4.79 Å². The van der Waals surface area contributed by atoms with Gasteiger partial charge in [0.2, 0.25) is 5.91 Å². The van der Waals surface area contributed by atoms with E-state index < -0.39 is 0 Å². The standard InChI is InChI=1S/C13H20N2O2/c1-3-8-17-10-11-4-6-12(7-5-11)15-13(16)9-14-2/h4-7,14H,3,8-10H2,1-2H3,(H,15,16). The van der Waals surface area contributed by atoms with Gasteiger partial charge in [-0.25, -0.2) is 0 Å². The second kappa shape index (κ2) is 7.81. The van der Waals surface area contributed by atoms with Crippen LogP contribution in [-0.4, -0.2) is 26.1 Å². The summed E-state index contributed by atoms with van der Waals surface area (Å²) in [5, 5.41) is 5.60. The third-order valence-electron chi connectivity index (χ3n) is 2.19. The first-order valence-electron chi connectivity index (χ1n) is 5.87. The molecule has 1 amide bonds. The number of ether oxygens (including phenoxy) is 1. The van der Waals surface area contributed by atoms with Gasteiger partial charge in [0.1, 0.15) is 0 Å². The molecule has 0 atom stereocenters. The SMILES string of the molecule is CCCOCc1ccc(NC(=O)CNC)cc1. The maximum absolute atomic E-state index is 11.3. The minimum absolute atomic E-state index is 0.0394. The van der Waals surface area contributed by atoms with Crippen molar-refractivity contribution in [1.29, 1.82) is 0 Å². The molecule has 0 aliphatic carbocycles. The van der Waals surface area contributed by atoms with Gasteiger partial charge in [-0.2, -0.15) is 0 Å². The molecule has 0 saturated heterocycles. The minimum atomic E-state index is -0.0394. The molecule has 94 valence electrons. The fourth-order valence-corrected chi connectivity index (χ4v) is 1.38. The Hall–Kier alpha value is -1.39. The monoisotopic (exact) mass is 236 g/mol. The molecule has 0 saturated carbocycles. The molecule has 4 nitrogen and oxygen atoms in total. The molecule has 0 radical (unpaired) electrons. The zero-order chi connectivity index (χ0) is 12.5. The number of likely N-dealkylation sites (N-methyl/N-ethyl adjacent to an activating group) is 1. The summed E-state index contributed by atoms with van der Waals surface area (Å²) < 4.78 is 5.43. The molecule has 1 aromatic carbocycles. The highest BCUT2D eigenvalue weighted by molar-refractivity contribution is 5.92. The first-order valence-corrected chi connectivity index (χ1v) is 5.87. The van der Waals surface area contributed by atoms with Crippen molar-refractivity contribution in [3.05, 3.63) is 29.8 Å². The molecule has 4 heteroatoms. The summed E-state index contributed by atoms with van der Waals surface area (Å²) in [4.78, 5) is 11.3. The Morgan fingerprint density at radius 3 is 2.59 bits per heavy atom. The van der Waals surface area contributed by atoms with Crippen LogP contribution in [-0.2, 0) is 16.1 Å². The summed E-state index contributed by atoms with van der Waals surface area (Å²) in [5.74, 6) is -0.0394. The van der Waals surface area contributed by atoms with Gasteiger partial charge >= 0.3 is 0 Å². The van der Waals surface area contributed by atoms with E-state index in [0.717, 1.165) is 24.3 Å². The molecule has 0 aliphatic rings. The van der Waals surface area contributed by atoms with Crippen LogP contribution in [0, 0.1) is 0 Å². The molecule has 0 fully saturated rings. The highest BCUT2D eigenvalue weighted by Crippen LogP contribution is 2.10. The zero-order valence-corrected chi connectivity index (χ0v) is 10.5. The number of hydrogen-bond acceptors (Lipinski definition) is 3. The van der Waals surface area contributed by atoms with Crippen molar-refractivity contribution < 1.29 is 9.53 Å². The first-order chi connectivity index (χ1) is 8.26. The Morgan fingerprint density at radius 2 is 2.00 bits per heavy atom. The van der Waals surface area contributed by atoms with Crippen LogP contribution in [0.2, 0.25) is 0 Å². The van der Waals surface area contributed by atoms with E-state index in [4.69, 9.17) is 4.74 Å². The fraction of sp³-hybridized carbons (Fsp3) is 0.462. The molecule has 1 aromatic rings. The Kier molecular flexibility index (Phi) is 6.29. The van der Waals surface area contributed by atoms with Crippen LogP contribution in [0.4, 0.5) is 5.69 Å². The largest absolute Gasteiger partial charge is 0.377 e. The van der Waals surface area contributed by atoms with Gasteiger partial charge in [-0.1, -0.05) is 19.1 Å². The lowest BCUT2D eigenvalue weighted by atomic mass is 10.2. The topological polar surface area (TPSA) is 50.4 Å². The van der Waals surface area contributed by atoms with Gasteiger partial charge in [0.05, 0.1) is 13.2 Å². The summed E-state index contributed by atoms with van der Waals surface area (Å²) in [5.41, 5.74) is 1.93. The number of benzene rings is 1. The number of nitrogens with one attached hydrogen (secondary N) is 2. The van der Waals surface area contributed by atoms with Crippen LogP contribution in [0.1, 0.15) is 18.9 Å². The second-order valence-electron chi connectivity index (χ2n) is 3.83. The molecule has 0 heterocycles. The average molecular weight is 236 g/mol. The highest BCUT2D eigenvalue weighted by atomic mass is 16.5. The normalized spacial score (nSPS) is 10.2. The van der Waals surface area contributed by atoms with Crippen LogP contribution >= 0.6 is 0 Å². The van der Waals surface area contributed by atoms with E-state index in [-0.39, 0.29) is 5.91 Å². The van der Waals surface area contributed by atoms with E-state index in [9.17, 15) is 4.79 Å². The van der Waals surface area contributed by atoms with E-state index in [1.165, 1.54) is 0 Å². The molecule has 0 bridgehead atoms. The predicted molar refractivity (Wildman–Crippen MR) is 68.9 cm³/mol. The van der Waals surface area contributed by atoms with E-state index in [0.29, 0.717) is 13.2 Å². The molecule has 1 rings (SSSR count). The van der Waals surface area contributed by atoms with Crippen LogP contribution in [0.25, 0.3) is 0 Å². The lowest BCUT2D eigenvalue weighted by Crippen LogP contribution is -2.24. The number of amides is 1. The zero-order valence-electron chi connectivity index (χ0n) is 10.5. The highest BCUT2D eigenvalue weighted by Gasteiger charge is 2.00. The lowest BCUT2D eigenvalue weighted by Gasteiger charge is -2.06. The third kappa shape index (κ3) is 5.47. The fourth-order valence-electron chi connectivity index (χ4n) is 1.38. The lowest BCUT2D eigenvalue weighted by molar-refractivity contribution is -0.115. The molecule has 0 aliphatic heterocycles. The average Bonchev–Trinajstić information content (AvgIpc) is 2.32. The van der Waals surface area contributed by atoms with Crippen LogP contribution in [0.3, 0.4) is 0 Å². The van der Waals surface area contributed by atoms with Gasteiger partial charge < -0.3 is 15.4 Å². The van der Waals surface area contributed by atoms with Crippen molar-refractivity contribution in [2.75, 3.05) is 25.5 Å². The van der Waals surface area contributed by atoms with Crippen molar-refractivity contribution in [2.45, 2.75) is 20.0 Å². The molecule has 2 N–H and O–H groups in total. The number of rotatable bonds is 7. The summed E-state index contributed by atoms with van der Waals surface area (Å²) in [7, 11) is 1.74. The number of carbonyl (C=O) groups excluding carboxylic acids is 1. The van der Waals surface area contributed by atoms with Crippen molar-refractivity contribution in [3.63, 3.8) is 0 Å². The van der Waals surface area contributed by atoms with Crippen LogP contribution in [0.5, 0.6) is 0 Å². The predicted octanol–water partition coefficient (Wildman–Crippen LogP) is 1.77. The quantitative estimate of drug-likeness (QED) is 0.709. The van der Waals surface area contributed by atoms with Crippen LogP contribution < -0.4 is 10.6 Å². The first kappa shape index (κ1) is 13.7. The van der Waals surface area contributed by atoms with Gasteiger partial charge in [0.25, 0.3) is 0 Å². The van der Waals surface area contributed by atoms with E-state index in [2.05, 4.69) is 17.6 Å². The third-order valence-corrected chi connectivity index (χ3v) is 2.19. The van der Waals surface area contributed by atoms with Crippen LogP contribution in [0.15, 0.2) is 24.3 Å². The second-order valence-corrected chi connectivity index (χ2v) is 3.83.